The van der Waals surface area contributed by atoms with Gasteiger partial charge in [-0.25, -0.2) is 0 Å². The first kappa shape index (κ1) is 11.8. The lowest BCUT2D eigenvalue weighted by atomic mass is 10.00. The van der Waals surface area contributed by atoms with Gasteiger partial charge in [-0.2, -0.15) is 0 Å². The van der Waals surface area contributed by atoms with Gasteiger partial charge in [0.25, 0.3) is 0 Å². The third-order valence-corrected chi connectivity index (χ3v) is 3.62. The fourth-order valence-corrected chi connectivity index (χ4v) is 2.65. The van der Waals surface area contributed by atoms with E-state index in [1.165, 1.54) is 0 Å². The summed E-state index contributed by atoms with van der Waals surface area (Å²) in [5, 5.41) is 5.30. The Labute approximate surface area is 121 Å². The Kier molecular flexibility index (Phi) is 2.54. The quantitative estimate of drug-likeness (QED) is 0.579. The van der Waals surface area contributed by atoms with Gasteiger partial charge in [0.05, 0.1) is 11.1 Å². The Morgan fingerprint density at radius 1 is 0.952 bits per heavy atom. The highest BCUT2D eigenvalue weighted by Gasteiger charge is 2.19. The molecule has 4 rings (SSSR count). The van der Waals surface area contributed by atoms with Crippen LogP contribution >= 0.6 is 0 Å². The zero-order chi connectivity index (χ0) is 14.2. The molecule has 4 aromatic rings. The molecule has 0 spiro atoms. The van der Waals surface area contributed by atoms with Crippen molar-refractivity contribution < 1.29 is 4.52 Å². The van der Waals surface area contributed by atoms with Crippen LogP contribution in [0.4, 0.5) is 5.88 Å². The average Bonchev–Trinajstić information content (AvgIpc) is 3.14. The van der Waals surface area contributed by atoms with Gasteiger partial charge in [-0.15, -0.1) is 0 Å². The molecule has 0 saturated carbocycles. The molecule has 0 aliphatic carbocycles. The largest absolute Gasteiger partial charge is 0.367 e. The van der Waals surface area contributed by atoms with E-state index in [9.17, 15) is 0 Å². The lowest BCUT2D eigenvalue weighted by Crippen LogP contribution is -1.88. The lowest BCUT2D eigenvalue weighted by molar-refractivity contribution is 0.439. The number of nitrogens with zero attached hydrogens (tertiary/aromatic N) is 1. The first-order valence-corrected chi connectivity index (χ1v) is 6.71. The van der Waals surface area contributed by atoms with Gasteiger partial charge in [-0.05, 0) is 11.6 Å². The molecule has 0 amide bonds. The van der Waals surface area contributed by atoms with Crippen LogP contribution in [0.15, 0.2) is 65.3 Å². The number of benzene rings is 2. The minimum Gasteiger partial charge on any atom is -0.367 e. The third-order valence-electron chi connectivity index (χ3n) is 3.62. The number of rotatable bonds is 2. The molecule has 0 saturated heterocycles. The minimum atomic E-state index is 0.333. The minimum absolute atomic E-state index is 0.333. The summed E-state index contributed by atoms with van der Waals surface area (Å²) < 4.78 is 5.24. The van der Waals surface area contributed by atoms with Crippen LogP contribution in [0, 0.1) is 0 Å². The summed E-state index contributed by atoms with van der Waals surface area (Å²) in [6, 6.07) is 18.0. The maximum atomic E-state index is 5.99. The number of aromatic nitrogens is 2. The van der Waals surface area contributed by atoms with Gasteiger partial charge < -0.3 is 15.2 Å². The molecule has 0 radical (unpaired) electrons. The summed E-state index contributed by atoms with van der Waals surface area (Å²) in [6.45, 7) is 0. The van der Waals surface area contributed by atoms with Crippen molar-refractivity contribution >= 4 is 16.8 Å². The van der Waals surface area contributed by atoms with Crippen LogP contribution in [0.5, 0.6) is 0 Å². The molecule has 4 nitrogen and oxygen atoms in total. The Morgan fingerprint density at radius 2 is 1.81 bits per heavy atom. The molecular formula is C17H13N3O. The predicted molar refractivity (Wildman–Crippen MR) is 83.6 cm³/mol. The second-order valence-electron chi connectivity index (χ2n) is 4.88. The number of nitrogens with two attached hydrogens (primary N) is 1. The number of fused-ring (bicyclic) bond motifs is 1. The van der Waals surface area contributed by atoms with Crippen LogP contribution < -0.4 is 5.73 Å². The molecular weight excluding hydrogens is 262 g/mol. The monoisotopic (exact) mass is 275 g/mol. The van der Waals surface area contributed by atoms with Crippen LogP contribution in [0.2, 0.25) is 0 Å². The van der Waals surface area contributed by atoms with Gasteiger partial charge in [0.15, 0.2) is 0 Å². The first-order valence-electron chi connectivity index (χ1n) is 6.71. The number of aromatic amines is 1. The van der Waals surface area contributed by atoms with E-state index in [1.54, 1.807) is 0 Å². The average molecular weight is 275 g/mol. The number of hydrogen-bond acceptors (Lipinski definition) is 3. The van der Waals surface area contributed by atoms with Crippen molar-refractivity contribution in [3.63, 3.8) is 0 Å². The number of anilines is 1. The molecule has 102 valence electrons. The van der Waals surface area contributed by atoms with E-state index in [0.29, 0.717) is 5.88 Å². The number of nitrogens with one attached hydrogen (secondary N) is 1. The SMILES string of the molecule is Nc1onc(-c2cccc3cc[nH]c23)c1-c1ccccc1. The topological polar surface area (TPSA) is 67.8 Å². The molecule has 0 aliphatic heterocycles. The van der Waals surface area contributed by atoms with Crippen molar-refractivity contribution in [3.8, 4) is 22.4 Å². The van der Waals surface area contributed by atoms with Crippen LogP contribution in [0.3, 0.4) is 0 Å². The summed E-state index contributed by atoms with van der Waals surface area (Å²) in [7, 11) is 0. The smallest absolute Gasteiger partial charge is 0.230 e. The lowest BCUT2D eigenvalue weighted by Gasteiger charge is -2.04. The van der Waals surface area contributed by atoms with Crippen molar-refractivity contribution in [3.05, 3.63) is 60.8 Å². The van der Waals surface area contributed by atoms with E-state index < -0.39 is 0 Å². The summed E-state index contributed by atoms with van der Waals surface area (Å²) in [5.74, 6) is 0.333. The predicted octanol–water partition coefficient (Wildman–Crippen LogP) is 4.07. The highest BCUT2D eigenvalue weighted by Crippen LogP contribution is 2.38. The van der Waals surface area contributed by atoms with Gasteiger partial charge >= 0.3 is 0 Å². The molecule has 0 fully saturated rings. The highest BCUT2D eigenvalue weighted by atomic mass is 16.5. The normalized spacial score (nSPS) is 11.0. The van der Waals surface area contributed by atoms with Gasteiger partial charge in [-0.1, -0.05) is 53.7 Å². The van der Waals surface area contributed by atoms with Crippen molar-refractivity contribution in [1.29, 1.82) is 0 Å². The molecule has 2 aromatic heterocycles. The zero-order valence-electron chi connectivity index (χ0n) is 11.2. The fraction of sp³-hybridized carbons (Fsp3) is 0. The van der Waals surface area contributed by atoms with E-state index >= 15 is 0 Å². The third kappa shape index (κ3) is 1.80. The summed E-state index contributed by atoms with van der Waals surface area (Å²) in [4.78, 5) is 3.25. The summed E-state index contributed by atoms with van der Waals surface area (Å²) in [5.41, 5.74) is 10.6. The molecule has 0 atom stereocenters. The second kappa shape index (κ2) is 4.52. The van der Waals surface area contributed by atoms with Gasteiger partial charge in [0.1, 0.15) is 5.69 Å². The summed E-state index contributed by atoms with van der Waals surface area (Å²) in [6.07, 6.45) is 1.92. The van der Waals surface area contributed by atoms with Crippen LogP contribution in [0.1, 0.15) is 0 Å². The van der Waals surface area contributed by atoms with E-state index in [0.717, 1.165) is 33.3 Å². The zero-order valence-corrected chi connectivity index (χ0v) is 11.2. The molecule has 4 heteroatoms. The van der Waals surface area contributed by atoms with Crippen LogP contribution in [-0.4, -0.2) is 10.1 Å². The van der Waals surface area contributed by atoms with E-state index in [1.807, 2.05) is 54.7 Å². The second-order valence-corrected chi connectivity index (χ2v) is 4.88. The van der Waals surface area contributed by atoms with Gasteiger partial charge in [-0.3, -0.25) is 0 Å². The first-order chi connectivity index (χ1) is 10.3. The highest BCUT2D eigenvalue weighted by molar-refractivity contribution is 5.98. The molecule has 0 unspecified atom stereocenters. The van der Waals surface area contributed by atoms with E-state index in [4.69, 9.17) is 10.3 Å². The Bertz CT molecular complexity index is 906. The van der Waals surface area contributed by atoms with Crippen molar-refractivity contribution in [1.82, 2.24) is 10.1 Å². The number of para-hydroxylation sites is 1. The Balaban J connectivity index is 2.01. The maximum Gasteiger partial charge on any atom is 0.230 e. The maximum absolute atomic E-state index is 5.99. The van der Waals surface area contributed by atoms with Crippen molar-refractivity contribution in [2.75, 3.05) is 5.73 Å². The molecule has 3 N–H and O–H groups in total. The number of nitrogen functional groups attached to an aromatic ring is 1. The Morgan fingerprint density at radius 3 is 2.67 bits per heavy atom. The van der Waals surface area contributed by atoms with Crippen LogP contribution in [0.25, 0.3) is 33.3 Å². The standard InChI is InChI=1S/C17H13N3O/c18-17-14(11-5-2-1-3-6-11)16(20-21-17)13-8-4-7-12-9-10-19-15(12)13/h1-10,19H,18H2. The fourth-order valence-electron chi connectivity index (χ4n) is 2.65. The number of hydrogen-bond donors (Lipinski definition) is 2. The van der Waals surface area contributed by atoms with E-state index in [2.05, 4.69) is 16.2 Å². The van der Waals surface area contributed by atoms with Crippen molar-refractivity contribution in [2.24, 2.45) is 0 Å². The van der Waals surface area contributed by atoms with Gasteiger partial charge in [0, 0.05) is 17.1 Å². The van der Waals surface area contributed by atoms with Crippen LogP contribution in [-0.2, 0) is 0 Å². The molecule has 0 bridgehead atoms. The Hall–Kier alpha value is -3.01. The molecule has 2 heterocycles. The molecule has 2 aromatic carbocycles. The molecule has 21 heavy (non-hydrogen) atoms. The van der Waals surface area contributed by atoms with Crippen molar-refractivity contribution in [2.45, 2.75) is 0 Å². The molecule has 0 aliphatic rings. The van der Waals surface area contributed by atoms with Gasteiger partial charge in [0.2, 0.25) is 5.88 Å². The van der Waals surface area contributed by atoms with E-state index in [-0.39, 0.29) is 0 Å². The summed E-state index contributed by atoms with van der Waals surface area (Å²) >= 11 is 0. The number of H-pyrrole nitrogens is 1.